The number of nitrogens with zero attached hydrogens (tertiary/aromatic N) is 2. The average Bonchev–Trinajstić information content (AvgIpc) is 2.61. The smallest absolute Gasteiger partial charge is 0.0261 e. The van der Waals surface area contributed by atoms with Gasteiger partial charge in [0.2, 0.25) is 0 Å². The molecular weight excluding hydrogens is 162 g/mol. The molecule has 0 saturated carbocycles. The molecule has 2 fully saturated rings. The molecule has 0 aromatic heterocycles. The van der Waals surface area contributed by atoms with Crippen LogP contribution >= 0.6 is 0 Å². The molecule has 2 aliphatic rings. The van der Waals surface area contributed by atoms with Crippen molar-refractivity contribution in [1.82, 2.24) is 15.1 Å². The minimum Gasteiger partial charge on any atom is -0.316 e. The van der Waals surface area contributed by atoms with Crippen molar-refractivity contribution >= 4 is 0 Å². The topological polar surface area (TPSA) is 18.5 Å². The second-order valence-electron chi connectivity index (χ2n) is 4.56. The van der Waals surface area contributed by atoms with E-state index >= 15 is 0 Å². The van der Waals surface area contributed by atoms with Gasteiger partial charge in [0, 0.05) is 25.7 Å². The van der Waals surface area contributed by atoms with Crippen LogP contribution in [0.15, 0.2) is 0 Å². The van der Waals surface area contributed by atoms with E-state index in [1.54, 1.807) is 0 Å². The van der Waals surface area contributed by atoms with E-state index in [-0.39, 0.29) is 0 Å². The minimum absolute atomic E-state index is 0.786. The summed E-state index contributed by atoms with van der Waals surface area (Å²) in [4.78, 5) is 5.00. The zero-order valence-corrected chi connectivity index (χ0v) is 8.79. The molecule has 76 valence electrons. The summed E-state index contributed by atoms with van der Waals surface area (Å²) in [6, 6.07) is 0.786. The van der Waals surface area contributed by atoms with Gasteiger partial charge in [0.1, 0.15) is 0 Å². The van der Waals surface area contributed by atoms with Crippen LogP contribution in [-0.2, 0) is 0 Å². The van der Waals surface area contributed by atoms with Crippen LogP contribution in [0.25, 0.3) is 0 Å². The van der Waals surface area contributed by atoms with Crippen molar-refractivity contribution in [2.75, 3.05) is 46.8 Å². The number of piperazine rings is 1. The van der Waals surface area contributed by atoms with E-state index in [9.17, 15) is 0 Å². The Kier molecular flexibility index (Phi) is 2.86. The lowest BCUT2D eigenvalue weighted by atomic mass is 9.96. The van der Waals surface area contributed by atoms with Gasteiger partial charge in [-0.25, -0.2) is 0 Å². The number of nitrogens with one attached hydrogen (secondary N) is 1. The molecule has 3 heteroatoms. The number of hydrogen-bond acceptors (Lipinski definition) is 3. The molecule has 2 atom stereocenters. The molecule has 0 bridgehead atoms. The average molecular weight is 183 g/mol. The van der Waals surface area contributed by atoms with Crippen LogP contribution in [0.5, 0.6) is 0 Å². The first-order chi connectivity index (χ1) is 6.27. The van der Waals surface area contributed by atoms with Gasteiger partial charge < -0.3 is 15.1 Å². The number of rotatable bonds is 1. The first-order valence-electron chi connectivity index (χ1n) is 5.37. The predicted octanol–water partition coefficient (Wildman–Crippen LogP) is -0.158. The molecule has 0 amide bonds. The molecule has 1 N–H and O–H groups in total. The quantitative estimate of drug-likeness (QED) is 0.609. The molecule has 3 nitrogen and oxygen atoms in total. The van der Waals surface area contributed by atoms with Gasteiger partial charge in [-0.15, -0.1) is 0 Å². The van der Waals surface area contributed by atoms with Gasteiger partial charge in [0.15, 0.2) is 0 Å². The maximum absolute atomic E-state index is 3.46. The van der Waals surface area contributed by atoms with Gasteiger partial charge in [-0.3, -0.25) is 0 Å². The van der Waals surface area contributed by atoms with Crippen LogP contribution in [0.4, 0.5) is 0 Å². The van der Waals surface area contributed by atoms with Crippen LogP contribution in [0.2, 0.25) is 0 Å². The molecule has 0 radical (unpaired) electrons. The fourth-order valence-electron chi connectivity index (χ4n) is 2.56. The fourth-order valence-corrected chi connectivity index (χ4v) is 2.56. The van der Waals surface area contributed by atoms with Crippen molar-refractivity contribution < 1.29 is 0 Å². The number of likely N-dealkylation sites (N-methyl/N-ethyl adjacent to an activating group) is 2. The lowest BCUT2D eigenvalue weighted by molar-refractivity contribution is 0.0808. The highest BCUT2D eigenvalue weighted by Gasteiger charge is 2.31. The van der Waals surface area contributed by atoms with Crippen LogP contribution in [0.1, 0.15) is 6.42 Å². The van der Waals surface area contributed by atoms with Crippen molar-refractivity contribution in [2.45, 2.75) is 12.5 Å². The minimum atomic E-state index is 0.786. The van der Waals surface area contributed by atoms with E-state index in [0.717, 1.165) is 12.0 Å². The van der Waals surface area contributed by atoms with E-state index in [0.29, 0.717) is 0 Å². The molecular formula is C10H21N3. The Hall–Kier alpha value is -0.120. The van der Waals surface area contributed by atoms with Crippen molar-refractivity contribution in [3.05, 3.63) is 0 Å². The summed E-state index contributed by atoms with van der Waals surface area (Å²) in [5, 5.41) is 3.46. The second kappa shape index (κ2) is 3.95. The molecule has 2 aliphatic heterocycles. The highest BCUT2D eigenvalue weighted by Crippen LogP contribution is 2.20. The molecule has 2 heterocycles. The SMILES string of the molecule is CN1CCN(C)C(C2CCNC2)C1. The molecule has 0 spiro atoms. The van der Waals surface area contributed by atoms with Crippen LogP contribution in [0, 0.1) is 5.92 Å². The highest BCUT2D eigenvalue weighted by atomic mass is 15.3. The monoisotopic (exact) mass is 183 g/mol. The molecule has 2 unspecified atom stereocenters. The largest absolute Gasteiger partial charge is 0.316 e. The summed E-state index contributed by atoms with van der Waals surface area (Å²) < 4.78 is 0. The summed E-state index contributed by atoms with van der Waals surface area (Å²) >= 11 is 0. The summed E-state index contributed by atoms with van der Waals surface area (Å²) in [6.07, 6.45) is 1.36. The zero-order chi connectivity index (χ0) is 9.26. The standard InChI is InChI=1S/C10H21N3/c1-12-5-6-13(2)10(8-12)9-3-4-11-7-9/h9-11H,3-8H2,1-2H3. The molecule has 0 aromatic rings. The number of hydrogen-bond donors (Lipinski definition) is 1. The fraction of sp³-hybridized carbons (Fsp3) is 1.00. The summed E-state index contributed by atoms with van der Waals surface area (Å²) in [5.74, 6) is 0.882. The second-order valence-corrected chi connectivity index (χ2v) is 4.56. The molecule has 13 heavy (non-hydrogen) atoms. The third-order valence-corrected chi connectivity index (χ3v) is 3.54. The maximum atomic E-state index is 3.46. The Morgan fingerprint density at radius 1 is 1.23 bits per heavy atom. The van der Waals surface area contributed by atoms with Crippen molar-refractivity contribution in [1.29, 1.82) is 0 Å². The van der Waals surface area contributed by atoms with E-state index < -0.39 is 0 Å². The first-order valence-corrected chi connectivity index (χ1v) is 5.37. The van der Waals surface area contributed by atoms with Crippen molar-refractivity contribution in [3.8, 4) is 0 Å². The maximum Gasteiger partial charge on any atom is 0.0261 e. The van der Waals surface area contributed by atoms with Gasteiger partial charge in [-0.05, 0) is 39.5 Å². The lowest BCUT2D eigenvalue weighted by Gasteiger charge is -2.40. The Morgan fingerprint density at radius 2 is 2.08 bits per heavy atom. The van der Waals surface area contributed by atoms with Gasteiger partial charge in [-0.1, -0.05) is 0 Å². The third kappa shape index (κ3) is 2.03. The summed E-state index contributed by atoms with van der Waals surface area (Å²) in [7, 11) is 4.51. The Morgan fingerprint density at radius 3 is 2.77 bits per heavy atom. The van der Waals surface area contributed by atoms with Crippen LogP contribution < -0.4 is 5.32 Å². The van der Waals surface area contributed by atoms with E-state index in [1.807, 2.05) is 0 Å². The summed E-state index contributed by atoms with van der Waals surface area (Å²) in [6.45, 7) is 6.16. The van der Waals surface area contributed by atoms with E-state index in [4.69, 9.17) is 0 Å². The lowest BCUT2D eigenvalue weighted by Crippen LogP contribution is -2.53. The predicted molar refractivity (Wildman–Crippen MR) is 54.9 cm³/mol. The van der Waals surface area contributed by atoms with Crippen molar-refractivity contribution in [2.24, 2.45) is 5.92 Å². The summed E-state index contributed by atoms with van der Waals surface area (Å²) in [5.41, 5.74) is 0. The van der Waals surface area contributed by atoms with Crippen LogP contribution in [0.3, 0.4) is 0 Å². The third-order valence-electron chi connectivity index (χ3n) is 3.54. The Bertz CT molecular complexity index is 166. The Balaban J connectivity index is 1.94. The molecule has 2 rings (SSSR count). The molecule has 0 aliphatic carbocycles. The van der Waals surface area contributed by atoms with Gasteiger partial charge in [0.25, 0.3) is 0 Å². The Labute approximate surface area is 81.1 Å². The van der Waals surface area contributed by atoms with E-state index in [1.165, 1.54) is 39.1 Å². The van der Waals surface area contributed by atoms with Crippen molar-refractivity contribution in [3.63, 3.8) is 0 Å². The zero-order valence-electron chi connectivity index (χ0n) is 8.79. The van der Waals surface area contributed by atoms with Gasteiger partial charge in [0.05, 0.1) is 0 Å². The molecule has 2 saturated heterocycles. The van der Waals surface area contributed by atoms with E-state index in [2.05, 4.69) is 29.2 Å². The van der Waals surface area contributed by atoms with Gasteiger partial charge >= 0.3 is 0 Å². The van der Waals surface area contributed by atoms with Crippen LogP contribution in [-0.4, -0.2) is 62.7 Å². The molecule has 0 aromatic carbocycles. The highest BCUT2D eigenvalue weighted by molar-refractivity contribution is 4.88. The van der Waals surface area contributed by atoms with Gasteiger partial charge in [-0.2, -0.15) is 0 Å². The normalized spacial score (nSPS) is 38.3. The first kappa shape index (κ1) is 9.44.